The number of thioether (sulfide) groups is 1. The van der Waals surface area contributed by atoms with E-state index in [4.69, 9.17) is 5.73 Å². The topological polar surface area (TPSA) is 26.0 Å². The van der Waals surface area contributed by atoms with Gasteiger partial charge in [0.25, 0.3) is 0 Å². The van der Waals surface area contributed by atoms with Gasteiger partial charge in [-0.15, -0.1) is 17.2 Å². The largest absolute Gasteiger partial charge is 0.509 e. The van der Waals surface area contributed by atoms with Crippen molar-refractivity contribution in [3.63, 3.8) is 0 Å². The van der Waals surface area contributed by atoms with Gasteiger partial charge in [0.1, 0.15) is 0 Å². The molecule has 2 N–H and O–H groups in total. The average Bonchev–Trinajstić information content (AvgIpc) is 2.03. The Morgan fingerprint density at radius 1 is 1.31 bits per heavy atom. The maximum absolute atomic E-state index is 12.2. The molecule has 0 aromatic heterocycles. The molecule has 0 unspecified atom stereocenters. The van der Waals surface area contributed by atoms with Gasteiger partial charge in [-0.2, -0.15) is 0 Å². The summed E-state index contributed by atoms with van der Waals surface area (Å²) in [5.41, 5.74) is 5.25. The number of anilines is 1. The zero-order chi connectivity index (χ0) is 10.1. The van der Waals surface area contributed by atoms with E-state index in [9.17, 15) is 12.9 Å². The second-order valence-corrected chi connectivity index (χ2v) is 3.42. The van der Waals surface area contributed by atoms with Crippen molar-refractivity contribution in [1.82, 2.24) is 0 Å². The van der Waals surface area contributed by atoms with Crippen LogP contribution in [-0.2, 0) is 0 Å². The van der Waals surface area contributed by atoms with Crippen molar-refractivity contribution in [2.75, 3.05) is 12.0 Å². The highest BCUT2D eigenvalue weighted by atomic mass is 32.2. The molecule has 0 bridgehead atoms. The molecule has 1 rings (SSSR count). The second-order valence-electron chi connectivity index (χ2n) is 2.58. The van der Waals surface area contributed by atoms with E-state index in [-0.39, 0.29) is 0 Å². The van der Waals surface area contributed by atoms with Crippen molar-refractivity contribution in [1.29, 1.82) is 0 Å². The van der Waals surface area contributed by atoms with E-state index in [0.717, 1.165) is 12.1 Å². The molecule has 0 aliphatic rings. The van der Waals surface area contributed by atoms with E-state index < -0.39 is 12.4 Å². The lowest BCUT2D eigenvalue weighted by molar-refractivity contribution is 0.501. The SMILES string of the molecule is CSc1cc([B-](F)(F)F)ccc1N. The molecule has 0 amide bonds. The predicted molar refractivity (Wildman–Crippen MR) is 51.3 cm³/mol. The maximum Gasteiger partial charge on any atom is 0.509 e. The first-order valence-corrected chi connectivity index (χ1v) is 4.81. The minimum absolute atomic E-state index is 0.385. The number of rotatable bonds is 2. The third-order valence-corrected chi connectivity index (χ3v) is 2.43. The van der Waals surface area contributed by atoms with Gasteiger partial charge in [-0.3, -0.25) is 0 Å². The van der Waals surface area contributed by atoms with Crippen LogP contribution in [-0.4, -0.2) is 13.2 Å². The molecule has 6 heteroatoms. The number of hydrogen-bond acceptors (Lipinski definition) is 2. The maximum atomic E-state index is 12.2. The van der Waals surface area contributed by atoms with Crippen LogP contribution in [0, 0.1) is 0 Å². The zero-order valence-corrected chi connectivity index (χ0v) is 7.75. The molecule has 1 aromatic rings. The Morgan fingerprint density at radius 3 is 2.38 bits per heavy atom. The molecular formula is C7H8BF3NS-. The molecule has 0 fully saturated rings. The average molecular weight is 206 g/mol. The van der Waals surface area contributed by atoms with E-state index in [1.807, 2.05) is 0 Å². The van der Waals surface area contributed by atoms with E-state index in [2.05, 4.69) is 0 Å². The molecule has 0 atom stereocenters. The minimum Gasteiger partial charge on any atom is -0.445 e. The van der Waals surface area contributed by atoms with Gasteiger partial charge in [-0.1, -0.05) is 12.1 Å². The van der Waals surface area contributed by atoms with Crippen molar-refractivity contribution in [3.05, 3.63) is 18.2 Å². The molecule has 1 nitrogen and oxygen atoms in total. The second kappa shape index (κ2) is 3.53. The van der Waals surface area contributed by atoms with Gasteiger partial charge in [-0.05, 0) is 12.3 Å². The first kappa shape index (κ1) is 10.3. The van der Waals surface area contributed by atoms with Crippen molar-refractivity contribution in [2.45, 2.75) is 4.90 Å². The molecule has 1 aromatic carbocycles. The number of halogens is 3. The van der Waals surface area contributed by atoms with Crippen molar-refractivity contribution in [3.8, 4) is 0 Å². The molecule has 72 valence electrons. The molecular weight excluding hydrogens is 198 g/mol. The van der Waals surface area contributed by atoms with Crippen LogP contribution in [0.2, 0.25) is 0 Å². The fraction of sp³-hybridized carbons (Fsp3) is 0.143. The molecule has 0 aliphatic carbocycles. The van der Waals surface area contributed by atoms with E-state index in [0.29, 0.717) is 10.6 Å². The van der Waals surface area contributed by atoms with Crippen LogP contribution in [0.3, 0.4) is 0 Å². The van der Waals surface area contributed by atoms with Gasteiger partial charge < -0.3 is 18.7 Å². The summed E-state index contributed by atoms with van der Waals surface area (Å²) in [6.45, 7) is -4.91. The normalized spacial score (nSPS) is 11.7. The van der Waals surface area contributed by atoms with Crippen LogP contribution >= 0.6 is 11.8 Å². The fourth-order valence-electron chi connectivity index (χ4n) is 0.931. The van der Waals surface area contributed by atoms with Crippen LogP contribution in [0.4, 0.5) is 18.6 Å². The van der Waals surface area contributed by atoms with Gasteiger partial charge in [0.2, 0.25) is 0 Å². The van der Waals surface area contributed by atoms with Crippen LogP contribution in [0.5, 0.6) is 0 Å². The Kier molecular flexibility index (Phi) is 2.80. The third-order valence-electron chi connectivity index (χ3n) is 1.64. The monoisotopic (exact) mass is 206 g/mol. The van der Waals surface area contributed by atoms with Crippen molar-refractivity contribution in [2.24, 2.45) is 0 Å². The highest BCUT2D eigenvalue weighted by Gasteiger charge is 2.25. The van der Waals surface area contributed by atoms with Gasteiger partial charge in [0, 0.05) is 10.6 Å². The lowest BCUT2D eigenvalue weighted by Gasteiger charge is -2.16. The van der Waals surface area contributed by atoms with Gasteiger partial charge in [0.05, 0.1) is 0 Å². The minimum atomic E-state index is -4.91. The fourth-order valence-corrected chi connectivity index (χ4v) is 1.49. The first-order chi connectivity index (χ1) is 5.95. The summed E-state index contributed by atoms with van der Waals surface area (Å²) < 4.78 is 36.7. The molecule has 0 spiro atoms. The van der Waals surface area contributed by atoms with Gasteiger partial charge >= 0.3 is 6.98 Å². The lowest BCUT2D eigenvalue weighted by Crippen LogP contribution is -2.33. The molecule has 0 radical (unpaired) electrons. The van der Waals surface area contributed by atoms with E-state index >= 15 is 0 Å². The summed E-state index contributed by atoms with van der Waals surface area (Å²) in [5.74, 6) is 0. The number of hydrogen-bond donors (Lipinski definition) is 1. The van der Waals surface area contributed by atoms with Crippen molar-refractivity contribution < 1.29 is 12.9 Å². The summed E-state index contributed by atoms with van der Waals surface area (Å²) in [6, 6.07) is 3.38. The van der Waals surface area contributed by atoms with Crippen LogP contribution in [0.25, 0.3) is 0 Å². The Balaban J connectivity index is 3.14. The molecule has 13 heavy (non-hydrogen) atoms. The smallest absolute Gasteiger partial charge is 0.445 e. The predicted octanol–water partition coefficient (Wildman–Crippen LogP) is 2.05. The summed E-state index contributed by atoms with van der Waals surface area (Å²) >= 11 is 1.21. The highest BCUT2D eigenvalue weighted by Crippen LogP contribution is 2.22. The van der Waals surface area contributed by atoms with Gasteiger partial charge in [0.15, 0.2) is 0 Å². The van der Waals surface area contributed by atoms with Crippen LogP contribution in [0.15, 0.2) is 23.1 Å². The van der Waals surface area contributed by atoms with Crippen molar-refractivity contribution >= 4 is 29.9 Å². The Morgan fingerprint density at radius 2 is 1.92 bits per heavy atom. The Bertz CT molecular complexity index is 313. The van der Waals surface area contributed by atoms with Gasteiger partial charge in [-0.25, -0.2) is 0 Å². The molecule has 0 aliphatic heterocycles. The van der Waals surface area contributed by atoms with E-state index in [1.165, 1.54) is 17.8 Å². The Labute approximate surface area is 78.6 Å². The highest BCUT2D eigenvalue weighted by molar-refractivity contribution is 7.98. The third kappa shape index (κ3) is 2.34. The molecule has 0 saturated heterocycles. The van der Waals surface area contributed by atoms with Crippen LogP contribution < -0.4 is 11.2 Å². The summed E-state index contributed by atoms with van der Waals surface area (Å²) in [7, 11) is 0. The first-order valence-electron chi connectivity index (χ1n) is 3.58. The number of benzene rings is 1. The molecule has 0 saturated carbocycles. The Hall–Kier alpha value is -0.775. The summed E-state index contributed by atoms with van der Waals surface area (Å²) in [5, 5.41) is 0. The number of nitrogen functional groups attached to an aromatic ring is 1. The van der Waals surface area contributed by atoms with E-state index in [1.54, 1.807) is 6.26 Å². The standard InChI is InChI=1S/C7H8BF3NS/c1-13-7-4-5(8(9,10)11)2-3-6(7)12/h2-4H,12H2,1H3/q-1. The lowest BCUT2D eigenvalue weighted by atomic mass is 9.80. The summed E-state index contributed by atoms with van der Waals surface area (Å²) in [6.07, 6.45) is 1.69. The zero-order valence-electron chi connectivity index (χ0n) is 6.93. The molecule has 0 heterocycles. The summed E-state index contributed by atoms with van der Waals surface area (Å²) in [4.78, 5) is 0.469. The quantitative estimate of drug-likeness (QED) is 0.455. The number of nitrogens with two attached hydrogens (primary N) is 1. The van der Waals surface area contributed by atoms with Crippen LogP contribution in [0.1, 0.15) is 0 Å².